The van der Waals surface area contributed by atoms with Crippen molar-refractivity contribution >= 4 is 28.3 Å². The van der Waals surface area contributed by atoms with Gasteiger partial charge in [0.2, 0.25) is 11.8 Å². The van der Waals surface area contributed by atoms with Crippen molar-refractivity contribution < 1.29 is 14.0 Å². The van der Waals surface area contributed by atoms with Crippen molar-refractivity contribution in [3.8, 4) is 0 Å². The summed E-state index contributed by atoms with van der Waals surface area (Å²) >= 11 is 0. The van der Waals surface area contributed by atoms with E-state index in [1.807, 2.05) is 26.2 Å². The third-order valence-electron chi connectivity index (χ3n) is 6.68. The van der Waals surface area contributed by atoms with Gasteiger partial charge in [-0.2, -0.15) is 0 Å². The van der Waals surface area contributed by atoms with Gasteiger partial charge in [0.05, 0.1) is 11.8 Å². The predicted octanol–water partition coefficient (Wildman–Crippen LogP) is 4.12. The van der Waals surface area contributed by atoms with E-state index >= 15 is 0 Å². The standard InChI is InChI=1S/C29H35FN4O2/c1-33(2)15-5-14-31-28(35)24-17-25(29(36)32-27-12-10-26(30)11-13-27)20-34(19-24)18-21-8-9-22-6-3-4-7-23(22)16-21/h3-4,6-13,16,24-25H,5,14-15,17-20H2,1-2H3,(H,31,35)(H,32,36)/t24-,25+/m0/s1. The van der Waals surface area contributed by atoms with E-state index in [9.17, 15) is 14.0 Å². The van der Waals surface area contributed by atoms with E-state index in [0.717, 1.165) is 18.5 Å². The highest BCUT2D eigenvalue weighted by Crippen LogP contribution is 2.26. The maximum Gasteiger partial charge on any atom is 0.228 e. The van der Waals surface area contributed by atoms with Gasteiger partial charge in [0, 0.05) is 31.9 Å². The number of nitrogens with zero attached hydrogens (tertiary/aromatic N) is 2. The van der Waals surface area contributed by atoms with Crippen LogP contribution in [0.3, 0.4) is 0 Å². The van der Waals surface area contributed by atoms with Crippen LogP contribution in [0.4, 0.5) is 10.1 Å². The van der Waals surface area contributed by atoms with Crippen LogP contribution >= 0.6 is 0 Å². The molecule has 1 aliphatic rings. The highest BCUT2D eigenvalue weighted by atomic mass is 19.1. The molecule has 36 heavy (non-hydrogen) atoms. The molecule has 0 aliphatic carbocycles. The molecular formula is C29H35FN4O2. The summed E-state index contributed by atoms with van der Waals surface area (Å²) in [5, 5.41) is 8.33. The number of rotatable bonds is 9. The second kappa shape index (κ2) is 12.1. The Balaban J connectivity index is 1.46. The van der Waals surface area contributed by atoms with Gasteiger partial charge in [-0.15, -0.1) is 0 Å². The Labute approximate surface area is 212 Å². The molecular weight excluding hydrogens is 455 g/mol. The molecule has 6 nitrogen and oxygen atoms in total. The summed E-state index contributed by atoms with van der Waals surface area (Å²) in [5.41, 5.74) is 1.70. The van der Waals surface area contributed by atoms with E-state index in [2.05, 4.69) is 50.8 Å². The Morgan fingerprint density at radius 2 is 1.64 bits per heavy atom. The predicted molar refractivity (Wildman–Crippen MR) is 142 cm³/mol. The summed E-state index contributed by atoms with van der Waals surface area (Å²) in [7, 11) is 4.02. The van der Waals surface area contributed by atoms with Crippen LogP contribution in [0, 0.1) is 17.7 Å². The Bertz CT molecular complexity index is 1180. The van der Waals surface area contributed by atoms with Crippen LogP contribution in [0.25, 0.3) is 10.8 Å². The first-order chi connectivity index (χ1) is 17.4. The number of likely N-dealkylation sites (tertiary alicyclic amines) is 1. The van der Waals surface area contributed by atoms with Crippen molar-refractivity contribution in [2.45, 2.75) is 19.4 Å². The molecule has 2 atom stereocenters. The number of nitrogens with one attached hydrogen (secondary N) is 2. The molecule has 0 saturated carbocycles. The molecule has 0 bridgehead atoms. The van der Waals surface area contributed by atoms with E-state index in [0.29, 0.717) is 38.3 Å². The topological polar surface area (TPSA) is 64.7 Å². The van der Waals surface area contributed by atoms with Crippen LogP contribution in [0.1, 0.15) is 18.4 Å². The lowest BCUT2D eigenvalue weighted by atomic mass is 9.87. The van der Waals surface area contributed by atoms with Crippen LogP contribution < -0.4 is 10.6 Å². The van der Waals surface area contributed by atoms with Crippen LogP contribution in [-0.4, -0.2) is 61.9 Å². The molecule has 2 N–H and O–H groups in total. The number of anilines is 1. The molecule has 1 aliphatic heterocycles. The van der Waals surface area contributed by atoms with Crippen LogP contribution in [0.5, 0.6) is 0 Å². The number of piperidine rings is 1. The van der Waals surface area contributed by atoms with E-state index in [1.54, 1.807) is 12.1 Å². The minimum atomic E-state index is -0.349. The highest BCUT2D eigenvalue weighted by molar-refractivity contribution is 5.93. The molecule has 7 heteroatoms. The van der Waals surface area contributed by atoms with Gasteiger partial charge in [0.1, 0.15) is 5.82 Å². The third kappa shape index (κ3) is 7.12. The molecule has 190 valence electrons. The van der Waals surface area contributed by atoms with Gasteiger partial charge in [-0.1, -0.05) is 36.4 Å². The fourth-order valence-corrected chi connectivity index (χ4v) is 4.82. The Morgan fingerprint density at radius 1 is 0.944 bits per heavy atom. The first-order valence-corrected chi connectivity index (χ1v) is 12.6. The highest BCUT2D eigenvalue weighted by Gasteiger charge is 2.35. The zero-order chi connectivity index (χ0) is 25.5. The summed E-state index contributed by atoms with van der Waals surface area (Å²) in [5.74, 6) is -1.12. The smallest absolute Gasteiger partial charge is 0.228 e. The van der Waals surface area contributed by atoms with Crippen molar-refractivity contribution in [1.82, 2.24) is 15.1 Å². The van der Waals surface area contributed by atoms with Crippen molar-refractivity contribution in [2.24, 2.45) is 11.8 Å². The maximum absolute atomic E-state index is 13.3. The van der Waals surface area contributed by atoms with Crippen molar-refractivity contribution in [3.05, 3.63) is 78.1 Å². The van der Waals surface area contributed by atoms with Gasteiger partial charge >= 0.3 is 0 Å². The number of carbonyl (C=O) groups is 2. The van der Waals surface area contributed by atoms with Gasteiger partial charge in [-0.05, 0) is 80.1 Å². The van der Waals surface area contributed by atoms with Gasteiger partial charge in [-0.3, -0.25) is 14.5 Å². The van der Waals surface area contributed by atoms with Crippen molar-refractivity contribution in [3.63, 3.8) is 0 Å². The first kappa shape index (κ1) is 25.8. The van der Waals surface area contributed by atoms with E-state index in [-0.39, 0.29) is 29.5 Å². The molecule has 1 heterocycles. The van der Waals surface area contributed by atoms with Gasteiger partial charge < -0.3 is 15.5 Å². The van der Waals surface area contributed by atoms with Crippen molar-refractivity contribution in [1.29, 1.82) is 0 Å². The van der Waals surface area contributed by atoms with Gasteiger partial charge in [0.25, 0.3) is 0 Å². The largest absolute Gasteiger partial charge is 0.356 e. The zero-order valence-electron chi connectivity index (χ0n) is 21.0. The summed E-state index contributed by atoms with van der Waals surface area (Å²) < 4.78 is 13.3. The molecule has 3 aromatic rings. The lowest BCUT2D eigenvalue weighted by Gasteiger charge is -2.36. The average molecular weight is 491 g/mol. The molecule has 3 aromatic carbocycles. The molecule has 0 radical (unpaired) electrons. The number of amides is 2. The van der Waals surface area contributed by atoms with Crippen molar-refractivity contribution in [2.75, 3.05) is 45.6 Å². The molecule has 0 aromatic heterocycles. The lowest BCUT2D eigenvalue weighted by Crippen LogP contribution is -2.49. The second-order valence-electron chi connectivity index (χ2n) is 9.95. The number of fused-ring (bicyclic) bond motifs is 1. The quantitative estimate of drug-likeness (QED) is 0.443. The maximum atomic E-state index is 13.3. The third-order valence-corrected chi connectivity index (χ3v) is 6.68. The number of hydrogen-bond donors (Lipinski definition) is 2. The lowest BCUT2D eigenvalue weighted by molar-refractivity contribution is -0.130. The summed E-state index contributed by atoms with van der Waals surface area (Å²) in [6.45, 7) is 3.35. The number of benzene rings is 3. The number of halogens is 1. The fourth-order valence-electron chi connectivity index (χ4n) is 4.82. The Morgan fingerprint density at radius 3 is 2.36 bits per heavy atom. The summed E-state index contributed by atoms with van der Waals surface area (Å²) in [6, 6.07) is 20.4. The zero-order valence-corrected chi connectivity index (χ0v) is 21.0. The normalized spacial score (nSPS) is 18.3. The minimum Gasteiger partial charge on any atom is -0.356 e. The van der Waals surface area contributed by atoms with Gasteiger partial charge in [-0.25, -0.2) is 4.39 Å². The molecule has 1 fully saturated rings. The van der Waals surface area contributed by atoms with E-state index in [4.69, 9.17) is 0 Å². The average Bonchev–Trinajstić information content (AvgIpc) is 2.87. The van der Waals surface area contributed by atoms with E-state index < -0.39 is 0 Å². The molecule has 1 saturated heterocycles. The number of hydrogen-bond acceptors (Lipinski definition) is 4. The Kier molecular flexibility index (Phi) is 8.67. The van der Waals surface area contributed by atoms with Crippen LogP contribution in [-0.2, 0) is 16.1 Å². The molecule has 2 amide bonds. The van der Waals surface area contributed by atoms with Gasteiger partial charge in [0.15, 0.2) is 0 Å². The Hall–Kier alpha value is -3.29. The van der Waals surface area contributed by atoms with Crippen LogP contribution in [0.15, 0.2) is 66.7 Å². The number of carbonyl (C=O) groups excluding carboxylic acids is 2. The summed E-state index contributed by atoms with van der Waals surface area (Å²) in [4.78, 5) is 30.5. The minimum absolute atomic E-state index is 0.00319. The fraction of sp³-hybridized carbons (Fsp3) is 0.379. The summed E-state index contributed by atoms with van der Waals surface area (Å²) in [6.07, 6.45) is 1.36. The SMILES string of the molecule is CN(C)CCCNC(=O)[C@H]1C[C@@H](C(=O)Nc2ccc(F)cc2)CN(Cc2ccc3ccccc3c2)C1. The molecule has 4 rings (SSSR count). The second-order valence-corrected chi connectivity index (χ2v) is 9.95. The first-order valence-electron chi connectivity index (χ1n) is 12.6. The molecule has 0 unspecified atom stereocenters. The van der Waals surface area contributed by atoms with E-state index in [1.165, 1.54) is 22.9 Å². The van der Waals surface area contributed by atoms with Crippen LogP contribution in [0.2, 0.25) is 0 Å². The molecule has 0 spiro atoms. The monoisotopic (exact) mass is 490 g/mol.